The van der Waals surface area contributed by atoms with Gasteiger partial charge in [0.05, 0.1) is 6.04 Å². The third kappa shape index (κ3) is 3.59. The van der Waals surface area contributed by atoms with Gasteiger partial charge in [0.2, 0.25) is 0 Å². The molecule has 1 amide bonds. The van der Waals surface area contributed by atoms with Crippen LogP contribution in [0.15, 0.2) is 21.7 Å². The highest BCUT2D eigenvalue weighted by atomic mass is 16.2. The molecule has 1 aliphatic rings. The van der Waals surface area contributed by atoms with Crippen LogP contribution in [0.5, 0.6) is 0 Å². The molecule has 1 atom stereocenters. The monoisotopic (exact) mass is 370 g/mol. The quantitative estimate of drug-likeness (QED) is 0.863. The number of H-pyrrole nitrogens is 2. The number of aryl methyl sites for hydroxylation is 1. The van der Waals surface area contributed by atoms with Crippen LogP contribution in [0.2, 0.25) is 0 Å². The summed E-state index contributed by atoms with van der Waals surface area (Å²) in [7, 11) is 0. The smallest absolute Gasteiger partial charge is 0.261 e. The van der Waals surface area contributed by atoms with Gasteiger partial charge in [-0.2, -0.15) is 0 Å². The average molecular weight is 370 g/mol. The molecule has 0 aliphatic carbocycles. The standard InChI is InChI=1S/C20H26N4O3/c1-5-13-12(4)21-17(23-18(13)25)16-7-6-10-24(16)20(27)14-8-9-15(11(2)3)22-19(14)26/h8-9,11,16H,5-7,10H2,1-4H3,(H,22,26)(H,21,23,25). The summed E-state index contributed by atoms with van der Waals surface area (Å²) in [5.41, 5.74) is 1.74. The van der Waals surface area contributed by atoms with Crippen LogP contribution in [0.25, 0.3) is 0 Å². The van der Waals surface area contributed by atoms with E-state index >= 15 is 0 Å². The Labute approximate surface area is 157 Å². The van der Waals surface area contributed by atoms with E-state index in [2.05, 4.69) is 15.0 Å². The number of aromatic amines is 2. The molecule has 0 saturated carbocycles. The SMILES string of the molecule is CCc1c(C)nc(C2CCCN2C(=O)c2ccc(C(C)C)[nH]c2=O)[nH]c1=O. The Hall–Kier alpha value is -2.70. The van der Waals surface area contributed by atoms with Crippen LogP contribution >= 0.6 is 0 Å². The number of aromatic nitrogens is 3. The molecule has 7 nitrogen and oxygen atoms in total. The van der Waals surface area contributed by atoms with Crippen molar-refractivity contribution in [3.05, 3.63) is 61.2 Å². The van der Waals surface area contributed by atoms with Gasteiger partial charge in [-0.05, 0) is 44.2 Å². The van der Waals surface area contributed by atoms with Crippen LogP contribution in [0.3, 0.4) is 0 Å². The molecular formula is C20H26N4O3. The van der Waals surface area contributed by atoms with Gasteiger partial charge in [0.1, 0.15) is 11.4 Å². The average Bonchev–Trinajstić information content (AvgIpc) is 3.10. The number of hydrogen-bond donors (Lipinski definition) is 2. The van der Waals surface area contributed by atoms with E-state index in [0.717, 1.165) is 12.1 Å². The topological polar surface area (TPSA) is 98.9 Å². The summed E-state index contributed by atoms with van der Waals surface area (Å²) < 4.78 is 0. The summed E-state index contributed by atoms with van der Waals surface area (Å²) in [6.45, 7) is 8.22. The highest BCUT2D eigenvalue weighted by Gasteiger charge is 2.33. The van der Waals surface area contributed by atoms with Crippen molar-refractivity contribution in [2.24, 2.45) is 0 Å². The Balaban J connectivity index is 1.94. The first-order valence-electron chi connectivity index (χ1n) is 9.47. The summed E-state index contributed by atoms with van der Waals surface area (Å²) >= 11 is 0. The molecule has 1 aliphatic heterocycles. The van der Waals surface area contributed by atoms with E-state index in [1.54, 1.807) is 17.0 Å². The molecule has 3 rings (SSSR count). The van der Waals surface area contributed by atoms with Crippen molar-refractivity contribution < 1.29 is 4.79 Å². The molecule has 1 unspecified atom stereocenters. The van der Waals surface area contributed by atoms with E-state index in [-0.39, 0.29) is 34.5 Å². The van der Waals surface area contributed by atoms with Gasteiger partial charge in [0, 0.05) is 23.5 Å². The van der Waals surface area contributed by atoms with Crippen molar-refractivity contribution in [1.82, 2.24) is 19.9 Å². The predicted octanol–water partition coefficient (Wildman–Crippen LogP) is 2.43. The maximum Gasteiger partial charge on any atom is 0.261 e. The first-order chi connectivity index (χ1) is 12.8. The summed E-state index contributed by atoms with van der Waals surface area (Å²) in [5.74, 6) is 0.348. The first kappa shape index (κ1) is 19.1. The van der Waals surface area contributed by atoms with Gasteiger partial charge in [0.25, 0.3) is 17.0 Å². The maximum atomic E-state index is 13.0. The van der Waals surface area contributed by atoms with Gasteiger partial charge in [-0.25, -0.2) is 4.98 Å². The van der Waals surface area contributed by atoms with Crippen LogP contribution in [-0.4, -0.2) is 32.3 Å². The van der Waals surface area contributed by atoms with Crippen molar-refractivity contribution in [2.75, 3.05) is 6.54 Å². The fourth-order valence-electron chi connectivity index (χ4n) is 3.65. The van der Waals surface area contributed by atoms with Crippen molar-refractivity contribution in [1.29, 1.82) is 0 Å². The minimum absolute atomic E-state index is 0.121. The van der Waals surface area contributed by atoms with Gasteiger partial charge < -0.3 is 14.9 Å². The number of amides is 1. The Morgan fingerprint density at radius 3 is 2.59 bits per heavy atom. The van der Waals surface area contributed by atoms with Gasteiger partial charge in [0.15, 0.2) is 0 Å². The Morgan fingerprint density at radius 1 is 1.26 bits per heavy atom. The van der Waals surface area contributed by atoms with E-state index in [1.165, 1.54) is 0 Å². The lowest BCUT2D eigenvalue weighted by Gasteiger charge is -2.24. The zero-order valence-corrected chi connectivity index (χ0v) is 16.3. The zero-order chi connectivity index (χ0) is 19.7. The highest BCUT2D eigenvalue weighted by Crippen LogP contribution is 2.30. The minimum Gasteiger partial charge on any atom is -0.328 e. The number of pyridine rings is 1. The lowest BCUT2D eigenvalue weighted by molar-refractivity contribution is 0.0727. The van der Waals surface area contributed by atoms with Gasteiger partial charge in [-0.3, -0.25) is 14.4 Å². The number of carbonyl (C=O) groups excluding carboxylic acids is 1. The normalized spacial score (nSPS) is 16.9. The number of rotatable bonds is 4. The third-order valence-corrected chi connectivity index (χ3v) is 5.21. The van der Waals surface area contributed by atoms with Crippen LogP contribution in [-0.2, 0) is 6.42 Å². The Morgan fingerprint density at radius 2 is 2.00 bits per heavy atom. The molecule has 7 heteroatoms. The molecule has 3 heterocycles. The van der Waals surface area contributed by atoms with Crippen LogP contribution in [0, 0.1) is 6.92 Å². The number of nitrogens with one attached hydrogen (secondary N) is 2. The molecule has 2 aromatic heterocycles. The number of nitrogens with zero attached hydrogens (tertiary/aromatic N) is 2. The summed E-state index contributed by atoms with van der Waals surface area (Å²) in [6, 6.07) is 3.05. The second-order valence-electron chi connectivity index (χ2n) is 7.34. The second-order valence-corrected chi connectivity index (χ2v) is 7.34. The molecule has 2 aromatic rings. The van der Waals surface area contributed by atoms with Crippen molar-refractivity contribution >= 4 is 5.91 Å². The van der Waals surface area contributed by atoms with Crippen LogP contribution < -0.4 is 11.1 Å². The first-order valence-corrected chi connectivity index (χ1v) is 9.47. The van der Waals surface area contributed by atoms with Gasteiger partial charge in [-0.15, -0.1) is 0 Å². The van der Waals surface area contributed by atoms with Crippen molar-refractivity contribution in [2.45, 2.75) is 58.9 Å². The summed E-state index contributed by atoms with van der Waals surface area (Å²) in [4.78, 5) is 49.5. The minimum atomic E-state index is -0.379. The molecule has 144 valence electrons. The zero-order valence-electron chi connectivity index (χ0n) is 16.3. The molecule has 0 spiro atoms. The molecule has 1 saturated heterocycles. The Bertz CT molecular complexity index is 974. The largest absolute Gasteiger partial charge is 0.328 e. The predicted molar refractivity (Wildman–Crippen MR) is 103 cm³/mol. The van der Waals surface area contributed by atoms with Crippen LogP contribution in [0.1, 0.15) is 78.7 Å². The lowest BCUT2D eigenvalue weighted by Crippen LogP contribution is -2.36. The highest BCUT2D eigenvalue weighted by molar-refractivity contribution is 5.94. The number of likely N-dealkylation sites (tertiary alicyclic amines) is 1. The van der Waals surface area contributed by atoms with Crippen LogP contribution in [0.4, 0.5) is 0 Å². The molecule has 27 heavy (non-hydrogen) atoms. The van der Waals surface area contributed by atoms with Gasteiger partial charge in [-0.1, -0.05) is 20.8 Å². The van der Waals surface area contributed by atoms with E-state index in [9.17, 15) is 14.4 Å². The van der Waals surface area contributed by atoms with Gasteiger partial charge >= 0.3 is 0 Å². The Kier molecular flexibility index (Phi) is 5.30. The molecule has 2 N–H and O–H groups in total. The van der Waals surface area contributed by atoms with E-state index in [4.69, 9.17) is 0 Å². The molecular weight excluding hydrogens is 344 g/mol. The number of hydrogen-bond acceptors (Lipinski definition) is 4. The summed E-state index contributed by atoms with van der Waals surface area (Å²) in [6.07, 6.45) is 2.12. The number of carbonyl (C=O) groups is 1. The maximum absolute atomic E-state index is 13.0. The molecule has 0 aromatic carbocycles. The van der Waals surface area contributed by atoms with E-state index in [0.29, 0.717) is 36.5 Å². The summed E-state index contributed by atoms with van der Waals surface area (Å²) in [5, 5.41) is 0. The van der Waals surface area contributed by atoms with E-state index < -0.39 is 0 Å². The van der Waals surface area contributed by atoms with Crippen molar-refractivity contribution in [3.63, 3.8) is 0 Å². The van der Waals surface area contributed by atoms with Crippen molar-refractivity contribution in [3.8, 4) is 0 Å². The third-order valence-electron chi connectivity index (χ3n) is 5.21. The molecule has 0 bridgehead atoms. The molecule has 0 radical (unpaired) electrons. The fraction of sp³-hybridized carbons (Fsp3) is 0.500. The van der Waals surface area contributed by atoms with E-state index in [1.807, 2.05) is 27.7 Å². The molecule has 1 fully saturated rings. The second kappa shape index (κ2) is 7.50. The lowest BCUT2D eigenvalue weighted by atomic mass is 10.1. The fourth-order valence-corrected chi connectivity index (χ4v) is 3.65.